The number of rotatable bonds is 7. The van der Waals surface area contributed by atoms with Gasteiger partial charge in [0.15, 0.2) is 0 Å². The quantitative estimate of drug-likeness (QED) is 0.208. The number of hydrogen-bond donors (Lipinski definition) is 1. The van der Waals surface area contributed by atoms with Crippen molar-refractivity contribution in [3.05, 3.63) is 51.3 Å². The second-order valence-corrected chi connectivity index (χ2v) is 5.10. The number of azide groups is 1. The highest BCUT2D eigenvalue weighted by molar-refractivity contribution is 7.13. The van der Waals surface area contributed by atoms with Crippen LogP contribution in [0.5, 0.6) is 0 Å². The van der Waals surface area contributed by atoms with Crippen molar-refractivity contribution in [2.75, 3.05) is 12.0 Å². The average molecular weight is 330 g/mol. The van der Waals surface area contributed by atoms with Crippen LogP contribution in [0.3, 0.4) is 0 Å². The summed E-state index contributed by atoms with van der Waals surface area (Å²) in [5.41, 5.74) is 13.1. The summed E-state index contributed by atoms with van der Waals surface area (Å²) in [5, 5.41) is 9.96. The molecule has 0 aliphatic heterocycles. The van der Waals surface area contributed by atoms with E-state index < -0.39 is 0 Å². The number of esters is 1. The Morgan fingerprint density at radius 2 is 2.35 bits per heavy atom. The van der Waals surface area contributed by atoms with Gasteiger partial charge in [0, 0.05) is 21.5 Å². The molecule has 0 unspecified atom stereocenters. The van der Waals surface area contributed by atoms with Gasteiger partial charge in [-0.05, 0) is 12.5 Å². The van der Waals surface area contributed by atoms with Gasteiger partial charge >= 0.3 is 5.97 Å². The van der Waals surface area contributed by atoms with Gasteiger partial charge < -0.3 is 4.74 Å². The molecule has 0 spiro atoms. The fraction of sp³-hybridized carbons (Fsp3) is 0.214. The van der Waals surface area contributed by atoms with Crippen molar-refractivity contribution >= 4 is 34.3 Å². The number of anilines is 1. The van der Waals surface area contributed by atoms with Gasteiger partial charge in [0.2, 0.25) is 5.13 Å². The lowest BCUT2D eigenvalue weighted by molar-refractivity contribution is -0.142. The molecule has 23 heavy (non-hydrogen) atoms. The molecule has 0 bridgehead atoms. The second-order valence-electron chi connectivity index (χ2n) is 4.24. The normalized spacial score (nSPS) is 10.3. The predicted octanol–water partition coefficient (Wildman–Crippen LogP) is 3.64. The zero-order valence-corrected chi connectivity index (χ0v) is 13.2. The molecule has 2 rings (SSSR count). The largest absolute Gasteiger partial charge is 0.466 e. The molecule has 0 radical (unpaired) electrons. The number of benzene rings is 1. The molecule has 1 aromatic heterocycles. The van der Waals surface area contributed by atoms with Crippen molar-refractivity contribution in [3.8, 4) is 0 Å². The third-order valence-electron chi connectivity index (χ3n) is 2.64. The highest BCUT2D eigenvalue weighted by Gasteiger charge is 2.07. The first kappa shape index (κ1) is 16.5. The third kappa shape index (κ3) is 5.10. The van der Waals surface area contributed by atoms with Crippen LogP contribution in [0.25, 0.3) is 10.4 Å². The summed E-state index contributed by atoms with van der Waals surface area (Å²) in [5.74, 6) is -0.309. The number of carbonyl (C=O) groups excluding carboxylic acids is 1. The van der Waals surface area contributed by atoms with E-state index in [1.807, 2.05) is 6.07 Å². The Balaban J connectivity index is 1.97. The molecule has 9 heteroatoms. The minimum atomic E-state index is -0.309. The molecule has 0 fully saturated rings. The lowest BCUT2D eigenvalue weighted by atomic mass is 10.2. The molecule has 118 valence electrons. The summed E-state index contributed by atoms with van der Waals surface area (Å²) in [6.07, 6.45) is 1.67. The predicted molar refractivity (Wildman–Crippen MR) is 88.9 cm³/mol. The number of nitrogens with one attached hydrogen (secondary N) is 1. The Morgan fingerprint density at radius 1 is 1.52 bits per heavy atom. The van der Waals surface area contributed by atoms with Crippen LogP contribution >= 0.6 is 11.3 Å². The van der Waals surface area contributed by atoms with Crippen LogP contribution in [0.15, 0.2) is 39.9 Å². The summed E-state index contributed by atoms with van der Waals surface area (Å²) in [4.78, 5) is 18.4. The molecule has 1 heterocycles. The van der Waals surface area contributed by atoms with Crippen LogP contribution in [-0.4, -0.2) is 23.8 Å². The van der Waals surface area contributed by atoms with E-state index in [-0.39, 0.29) is 12.4 Å². The van der Waals surface area contributed by atoms with E-state index in [2.05, 4.69) is 25.5 Å². The van der Waals surface area contributed by atoms with Crippen LogP contribution in [0.4, 0.5) is 10.8 Å². The number of aromatic nitrogens is 1. The standard InChI is InChI=1S/C14H14N6O2S/c1-2-22-13(21)7-11-9-23-14(17-11)19-16-8-10-5-3-4-6-12(10)18-20-15/h3-6,8-9H,2,7H2,1H3,(H,17,19). The average Bonchev–Trinajstić information content (AvgIpc) is 2.97. The molecule has 0 aliphatic carbocycles. The first-order chi connectivity index (χ1) is 11.2. The molecule has 0 saturated carbocycles. The maximum atomic E-state index is 11.4. The Bertz CT molecular complexity index is 751. The zero-order chi connectivity index (χ0) is 16.5. The highest BCUT2D eigenvalue weighted by Crippen LogP contribution is 2.18. The number of thiazole rings is 1. The topological polar surface area (TPSA) is 112 Å². The number of ether oxygens (including phenoxy) is 1. The molecule has 1 N–H and O–H groups in total. The SMILES string of the molecule is CCOC(=O)Cc1csc(NN=Cc2ccccc2N=[N+]=[N-])n1. The lowest BCUT2D eigenvalue weighted by Crippen LogP contribution is -2.07. The van der Waals surface area contributed by atoms with Gasteiger partial charge in [-0.3, -0.25) is 10.2 Å². The van der Waals surface area contributed by atoms with Gasteiger partial charge in [-0.2, -0.15) is 5.10 Å². The molecular weight excluding hydrogens is 316 g/mol. The van der Waals surface area contributed by atoms with Gasteiger partial charge in [0.1, 0.15) is 0 Å². The van der Waals surface area contributed by atoms with Crippen molar-refractivity contribution in [3.63, 3.8) is 0 Å². The molecule has 2 aromatic rings. The fourth-order valence-electron chi connectivity index (χ4n) is 1.69. The van der Waals surface area contributed by atoms with Gasteiger partial charge in [-0.15, -0.1) is 11.3 Å². The Morgan fingerprint density at radius 3 is 3.13 bits per heavy atom. The Labute approximate surface area is 136 Å². The van der Waals surface area contributed by atoms with E-state index >= 15 is 0 Å². The van der Waals surface area contributed by atoms with Gasteiger partial charge in [-0.1, -0.05) is 29.4 Å². The van der Waals surface area contributed by atoms with Crippen LogP contribution in [-0.2, 0) is 16.0 Å². The number of carbonyl (C=O) groups is 1. The van der Waals surface area contributed by atoms with Crippen molar-refractivity contribution in [1.29, 1.82) is 0 Å². The van der Waals surface area contributed by atoms with Crippen LogP contribution in [0.1, 0.15) is 18.2 Å². The molecule has 8 nitrogen and oxygen atoms in total. The molecule has 0 amide bonds. The number of nitrogens with zero attached hydrogens (tertiary/aromatic N) is 5. The summed E-state index contributed by atoms with van der Waals surface area (Å²) in [6.45, 7) is 2.11. The van der Waals surface area contributed by atoms with Gasteiger partial charge in [0.05, 0.1) is 24.9 Å². The van der Waals surface area contributed by atoms with E-state index in [0.29, 0.717) is 28.7 Å². The van der Waals surface area contributed by atoms with Crippen LogP contribution in [0, 0.1) is 0 Å². The minimum absolute atomic E-state index is 0.134. The van der Waals surface area contributed by atoms with Gasteiger partial charge in [0.25, 0.3) is 0 Å². The summed E-state index contributed by atoms with van der Waals surface area (Å²) < 4.78 is 4.87. The summed E-state index contributed by atoms with van der Waals surface area (Å²) in [7, 11) is 0. The van der Waals surface area contributed by atoms with Crippen molar-refractivity contribution in [2.24, 2.45) is 10.2 Å². The van der Waals surface area contributed by atoms with E-state index in [4.69, 9.17) is 10.3 Å². The molecule has 0 aliphatic rings. The number of hydrogen-bond acceptors (Lipinski definition) is 7. The van der Waals surface area contributed by atoms with Crippen molar-refractivity contribution < 1.29 is 9.53 Å². The van der Waals surface area contributed by atoms with Crippen LogP contribution < -0.4 is 5.43 Å². The third-order valence-corrected chi connectivity index (χ3v) is 3.43. The maximum absolute atomic E-state index is 11.4. The highest BCUT2D eigenvalue weighted by atomic mass is 32.1. The summed E-state index contributed by atoms with van der Waals surface area (Å²) in [6, 6.07) is 7.07. The Kier molecular flexibility index (Phi) is 6.10. The monoisotopic (exact) mass is 330 g/mol. The smallest absolute Gasteiger partial charge is 0.311 e. The summed E-state index contributed by atoms with van der Waals surface area (Å²) >= 11 is 1.33. The maximum Gasteiger partial charge on any atom is 0.311 e. The first-order valence-electron chi connectivity index (χ1n) is 6.76. The van der Waals surface area contributed by atoms with E-state index in [9.17, 15) is 4.79 Å². The van der Waals surface area contributed by atoms with Crippen molar-refractivity contribution in [2.45, 2.75) is 13.3 Å². The molecule has 0 saturated heterocycles. The lowest BCUT2D eigenvalue weighted by Gasteiger charge is -1.99. The van der Waals surface area contributed by atoms with Gasteiger partial charge in [-0.25, -0.2) is 4.98 Å². The van der Waals surface area contributed by atoms with E-state index in [1.165, 1.54) is 17.6 Å². The molecule has 0 atom stereocenters. The van der Waals surface area contributed by atoms with Crippen molar-refractivity contribution in [1.82, 2.24) is 4.98 Å². The second kappa shape index (κ2) is 8.52. The Hall–Kier alpha value is -2.90. The number of hydrazone groups is 1. The van der Waals surface area contributed by atoms with E-state index in [0.717, 1.165) is 0 Å². The molecule has 1 aromatic carbocycles. The first-order valence-corrected chi connectivity index (χ1v) is 7.64. The van der Waals surface area contributed by atoms with E-state index in [1.54, 1.807) is 30.5 Å². The zero-order valence-electron chi connectivity index (χ0n) is 12.3. The fourth-order valence-corrected chi connectivity index (χ4v) is 2.35. The van der Waals surface area contributed by atoms with Crippen LogP contribution in [0.2, 0.25) is 0 Å². The minimum Gasteiger partial charge on any atom is -0.466 e. The molecular formula is C14H14N6O2S.